The van der Waals surface area contributed by atoms with Gasteiger partial charge in [0, 0.05) is 23.7 Å². The third-order valence-electron chi connectivity index (χ3n) is 4.01. The topological polar surface area (TPSA) is 104 Å². The summed E-state index contributed by atoms with van der Waals surface area (Å²) < 4.78 is 45.5. The van der Waals surface area contributed by atoms with Crippen molar-refractivity contribution >= 4 is 33.7 Å². The highest BCUT2D eigenvalue weighted by molar-refractivity contribution is 7.88. The lowest BCUT2D eigenvalue weighted by Gasteiger charge is -2.38. The normalized spacial score (nSPS) is 18.8. The number of nitrogens with zero attached hydrogens (tertiary/aromatic N) is 2. The molecule has 0 radical (unpaired) electrons. The zero-order chi connectivity index (χ0) is 21.3. The van der Waals surface area contributed by atoms with E-state index >= 15 is 0 Å². The van der Waals surface area contributed by atoms with Crippen LogP contribution in [0, 0.1) is 5.82 Å². The summed E-state index contributed by atoms with van der Waals surface area (Å²) in [5.41, 5.74) is -1.01. The van der Waals surface area contributed by atoms with Gasteiger partial charge >= 0.3 is 12.1 Å². The van der Waals surface area contributed by atoms with Crippen LogP contribution in [-0.4, -0.2) is 66.1 Å². The maximum absolute atomic E-state index is 14.0. The molecule has 11 heteroatoms. The molecule has 8 nitrogen and oxygen atoms in total. The van der Waals surface area contributed by atoms with Crippen molar-refractivity contribution in [3.8, 4) is 0 Å². The lowest BCUT2D eigenvalue weighted by atomic mass is 10.2. The van der Waals surface area contributed by atoms with Crippen molar-refractivity contribution < 1.29 is 32.2 Å². The first-order chi connectivity index (χ1) is 12.8. The van der Waals surface area contributed by atoms with E-state index in [0.29, 0.717) is 0 Å². The van der Waals surface area contributed by atoms with Gasteiger partial charge in [0.05, 0.1) is 12.3 Å². The summed E-state index contributed by atoms with van der Waals surface area (Å²) in [4.78, 5) is 25.0. The summed E-state index contributed by atoms with van der Waals surface area (Å²) in [6.07, 6.45) is -0.729. The highest BCUT2D eigenvalue weighted by atomic mass is 35.5. The van der Waals surface area contributed by atoms with Gasteiger partial charge in [0.2, 0.25) is 10.0 Å². The minimum absolute atomic E-state index is 0.0527. The van der Waals surface area contributed by atoms with E-state index in [1.54, 1.807) is 20.8 Å². The number of carbonyl (C=O) groups excluding carboxylic acids is 1. The maximum atomic E-state index is 14.0. The second kappa shape index (κ2) is 8.22. The van der Waals surface area contributed by atoms with Crippen molar-refractivity contribution in [1.82, 2.24) is 9.21 Å². The molecule has 0 spiro atoms. The number of carboxylic acids is 1. The molecule has 2 rings (SSSR count). The average Bonchev–Trinajstić information content (AvgIpc) is 2.56. The number of carbonyl (C=O) groups is 2. The molecular weight excluding hydrogens is 415 g/mol. The fourth-order valence-corrected chi connectivity index (χ4v) is 4.77. The first kappa shape index (κ1) is 22.4. The Hall–Kier alpha value is -1.91. The molecule has 1 aliphatic heterocycles. The average molecular weight is 437 g/mol. The zero-order valence-corrected chi connectivity index (χ0v) is 17.3. The van der Waals surface area contributed by atoms with E-state index in [-0.39, 0.29) is 30.2 Å². The molecule has 1 saturated heterocycles. The second-order valence-corrected chi connectivity index (χ2v) is 9.68. The van der Waals surface area contributed by atoms with E-state index in [1.165, 1.54) is 12.1 Å². The van der Waals surface area contributed by atoms with Crippen LogP contribution in [-0.2, 0) is 25.3 Å². The zero-order valence-electron chi connectivity index (χ0n) is 15.7. The van der Waals surface area contributed by atoms with Crippen LogP contribution in [0.15, 0.2) is 18.2 Å². The second-order valence-electron chi connectivity index (χ2n) is 7.35. The van der Waals surface area contributed by atoms with E-state index in [9.17, 15) is 27.5 Å². The highest BCUT2D eigenvalue weighted by Gasteiger charge is 2.42. The van der Waals surface area contributed by atoms with Crippen molar-refractivity contribution in [1.29, 1.82) is 0 Å². The third-order valence-corrected chi connectivity index (χ3v) is 6.17. The molecule has 0 saturated carbocycles. The van der Waals surface area contributed by atoms with Crippen LogP contribution in [0.5, 0.6) is 0 Å². The van der Waals surface area contributed by atoms with Gasteiger partial charge in [-0.3, -0.25) is 4.79 Å². The van der Waals surface area contributed by atoms with Gasteiger partial charge in [-0.05, 0) is 32.9 Å². The third kappa shape index (κ3) is 5.33. The van der Waals surface area contributed by atoms with Crippen LogP contribution >= 0.6 is 11.6 Å². The molecule has 1 aliphatic rings. The van der Waals surface area contributed by atoms with Gasteiger partial charge in [-0.15, -0.1) is 0 Å². The van der Waals surface area contributed by atoms with Crippen LogP contribution in [0.4, 0.5) is 9.18 Å². The van der Waals surface area contributed by atoms with Crippen LogP contribution in [0.25, 0.3) is 0 Å². The molecule has 1 atom stereocenters. The Labute approximate surface area is 167 Å². The Kier molecular flexibility index (Phi) is 6.57. The standard InChI is InChI=1S/C17H22ClFN2O6S/c1-17(2,3)27-16(24)20-7-8-21(14(9-20)15(22)23)28(25,26)10-11-12(18)5-4-6-13(11)19/h4-6,14H,7-10H2,1-3H3,(H,22,23). The summed E-state index contributed by atoms with van der Waals surface area (Å²) in [7, 11) is -4.21. The predicted molar refractivity (Wildman–Crippen MR) is 100.0 cm³/mol. The Morgan fingerprint density at radius 2 is 1.96 bits per heavy atom. The lowest BCUT2D eigenvalue weighted by molar-refractivity contribution is -0.143. The Balaban J connectivity index is 2.23. The minimum atomic E-state index is -4.21. The van der Waals surface area contributed by atoms with Gasteiger partial charge < -0.3 is 14.7 Å². The van der Waals surface area contributed by atoms with Gasteiger partial charge in [-0.2, -0.15) is 4.31 Å². The van der Waals surface area contributed by atoms with Crippen molar-refractivity contribution in [2.45, 2.75) is 38.2 Å². The summed E-state index contributed by atoms with van der Waals surface area (Å²) in [6.45, 7) is 4.30. The number of carboxylic acid groups (broad SMARTS) is 1. The van der Waals surface area contributed by atoms with Gasteiger partial charge in [-0.1, -0.05) is 17.7 Å². The highest BCUT2D eigenvalue weighted by Crippen LogP contribution is 2.25. The molecule has 0 bridgehead atoms. The molecule has 28 heavy (non-hydrogen) atoms. The summed E-state index contributed by atoms with van der Waals surface area (Å²) in [5.74, 6) is -3.00. The predicted octanol–water partition coefficient (Wildman–Crippen LogP) is 2.31. The molecular formula is C17H22ClFN2O6S. The van der Waals surface area contributed by atoms with Crippen LogP contribution in [0.1, 0.15) is 26.3 Å². The van der Waals surface area contributed by atoms with Gasteiger partial charge in [-0.25, -0.2) is 17.6 Å². The Morgan fingerprint density at radius 1 is 1.32 bits per heavy atom. The van der Waals surface area contributed by atoms with E-state index < -0.39 is 45.3 Å². The first-order valence-corrected chi connectivity index (χ1v) is 10.4. The number of piperazine rings is 1. The molecule has 1 aromatic carbocycles. The lowest BCUT2D eigenvalue weighted by Crippen LogP contribution is -2.59. The largest absolute Gasteiger partial charge is 0.480 e. The number of benzene rings is 1. The number of rotatable bonds is 4. The summed E-state index contributed by atoms with van der Waals surface area (Å²) in [5, 5.41) is 9.43. The summed E-state index contributed by atoms with van der Waals surface area (Å²) in [6, 6.07) is 2.25. The maximum Gasteiger partial charge on any atom is 0.410 e. The number of hydrogen-bond acceptors (Lipinski definition) is 5. The van der Waals surface area contributed by atoms with E-state index in [0.717, 1.165) is 15.3 Å². The molecule has 0 aliphatic carbocycles. The van der Waals surface area contributed by atoms with Crippen LogP contribution in [0.2, 0.25) is 5.02 Å². The van der Waals surface area contributed by atoms with Crippen molar-refractivity contribution in [2.24, 2.45) is 0 Å². The number of sulfonamides is 1. The van der Waals surface area contributed by atoms with Gasteiger partial charge in [0.25, 0.3) is 0 Å². The van der Waals surface area contributed by atoms with Crippen molar-refractivity contribution in [3.05, 3.63) is 34.6 Å². The first-order valence-electron chi connectivity index (χ1n) is 8.45. The molecule has 1 heterocycles. The fraction of sp³-hybridized carbons (Fsp3) is 0.529. The number of ether oxygens (including phenoxy) is 1. The van der Waals surface area contributed by atoms with Crippen LogP contribution in [0.3, 0.4) is 0 Å². The smallest absolute Gasteiger partial charge is 0.410 e. The van der Waals surface area contributed by atoms with Gasteiger partial charge in [0.1, 0.15) is 17.5 Å². The van der Waals surface area contributed by atoms with E-state index in [1.807, 2.05) is 0 Å². The molecule has 1 unspecified atom stereocenters. The monoisotopic (exact) mass is 436 g/mol. The molecule has 1 N–H and O–H groups in total. The molecule has 1 aromatic rings. The Morgan fingerprint density at radius 3 is 2.50 bits per heavy atom. The molecule has 0 aromatic heterocycles. The SMILES string of the molecule is CC(C)(C)OC(=O)N1CCN(S(=O)(=O)Cc2c(F)cccc2Cl)C(C(=O)O)C1. The summed E-state index contributed by atoms with van der Waals surface area (Å²) >= 11 is 5.89. The number of hydrogen-bond donors (Lipinski definition) is 1. The number of aliphatic carboxylic acids is 1. The number of amides is 1. The molecule has 1 amide bonds. The Bertz CT molecular complexity index is 851. The van der Waals surface area contributed by atoms with E-state index in [2.05, 4.69) is 0 Å². The van der Waals surface area contributed by atoms with Crippen LogP contribution < -0.4 is 0 Å². The van der Waals surface area contributed by atoms with Crippen molar-refractivity contribution in [3.63, 3.8) is 0 Å². The van der Waals surface area contributed by atoms with Gasteiger partial charge in [0.15, 0.2) is 0 Å². The molecule has 1 fully saturated rings. The molecule has 156 valence electrons. The number of halogens is 2. The quantitative estimate of drug-likeness (QED) is 0.776. The van der Waals surface area contributed by atoms with E-state index in [4.69, 9.17) is 16.3 Å². The minimum Gasteiger partial charge on any atom is -0.480 e. The fourth-order valence-electron chi connectivity index (χ4n) is 2.73. The van der Waals surface area contributed by atoms with Crippen molar-refractivity contribution in [2.75, 3.05) is 19.6 Å².